The Morgan fingerprint density at radius 1 is 1.03 bits per heavy atom. The van der Waals surface area contributed by atoms with Gasteiger partial charge in [0.25, 0.3) is 5.91 Å². The van der Waals surface area contributed by atoms with Gasteiger partial charge in [0, 0.05) is 17.5 Å². The Morgan fingerprint density at radius 2 is 1.70 bits per heavy atom. The number of aromatic nitrogens is 1. The van der Waals surface area contributed by atoms with Crippen molar-refractivity contribution in [3.8, 4) is 0 Å². The number of hydrogen-bond donors (Lipinski definition) is 3. The van der Waals surface area contributed by atoms with Gasteiger partial charge in [-0.05, 0) is 29.8 Å². The average Bonchev–Trinajstić information content (AvgIpc) is 2.72. The maximum absolute atomic E-state index is 12.6. The molecule has 2 amide bonds. The SMILES string of the molecule is NC(=O)[C@H](Cc1ccc2ccccc2n1)NC(=O)[C@H](O)c1ccc(C(F)(F)F)cc1. The second-order valence-electron chi connectivity index (χ2n) is 6.69. The zero-order chi connectivity index (χ0) is 21.9. The summed E-state index contributed by atoms with van der Waals surface area (Å²) in [7, 11) is 0. The summed E-state index contributed by atoms with van der Waals surface area (Å²) in [6, 6.07) is 13.2. The standard InChI is InChI=1S/C21H18F3N3O3/c22-21(23,24)14-8-5-13(6-9-14)18(28)20(30)27-17(19(25)29)11-15-10-7-12-3-1-2-4-16(12)26-15/h1-10,17-18,28H,11H2,(H2,25,29)(H,27,30)/t17-,18+/m0/s1. The molecule has 0 unspecified atom stereocenters. The molecule has 30 heavy (non-hydrogen) atoms. The van der Waals surface area contributed by atoms with Crippen LogP contribution in [0.3, 0.4) is 0 Å². The second-order valence-corrected chi connectivity index (χ2v) is 6.69. The molecule has 0 aliphatic heterocycles. The number of nitrogens with zero attached hydrogens (tertiary/aromatic N) is 1. The number of benzene rings is 2. The van der Waals surface area contributed by atoms with Gasteiger partial charge in [0.15, 0.2) is 6.10 Å². The number of aliphatic hydroxyl groups excluding tert-OH is 1. The van der Waals surface area contributed by atoms with Crippen molar-refractivity contribution in [2.75, 3.05) is 0 Å². The second kappa shape index (κ2) is 8.50. The number of halogens is 3. The van der Waals surface area contributed by atoms with E-state index in [0.29, 0.717) is 11.2 Å². The predicted octanol–water partition coefficient (Wildman–Crippen LogP) is 2.50. The Hall–Kier alpha value is -3.46. The van der Waals surface area contributed by atoms with E-state index >= 15 is 0 Å². The molecule has 9 heteroatoms. The van der Waals surface area contributed by atoms with Gasteiger partial charge in [0.1, 0.15) is 6.04 Å². The van der Waals surface area contributed by atoms with Gasteiger partial charge in [-0.15, -0.1) is 0 Å². The summed E-state index contributed by atoms with van der Waals surface area (Å²) in [6.07, 6.45) is -6.31. The number of primary amides is 1. The number of pyridine rings is 1. The zero-order valence-electron chi connectivity index (χ0n) is 15.6. The van der Waals surface area contributed by atoms with Crippen LogP contribution in [0.5, 0.6) is 0 Å². The number of carbonyl (C=O) groups excluding carboxylic acids is 2. The average molecular weight is 417 g/mol. The fourth-order valence-corrected chi connectivity index (χ4v) is 2.91. The summed E-state index contributed by atoms with van der Waals surface area (Å²) < 4.78 is 37.9. The first kappa shape index (κ1) is 21.3. The van der Waals surface area contributed by atoms with Crippen LogP contribution in [0.1, 0.15) is 22.9 Å². The van der Waals surface area contributed by atoms with Crippen LogP contribution in [0.4, 0.5) is 13.2 Å². The molecule has 0 aliphatic carbocycles. The van der Waals surface area contributed by atoms with E-state index in [2.05, 4.69) is 10.3 Å². The molecule has 3 rings (SSSR count). The largest absolute Gasteiger partial charge is 0.416 e. The number of fused-ring (bicyclic) bond motifs is 1. The zero-order valence-corrected chi connectivity index (χ0v) is 15.6. The molecular weight excluding hydrogens is 399 g/mol. The van der Waals surface area contributed by atoms with Gasteiger partial charge < -0.3 is 16.2 Å². The number of para-hydroxylation sites is 1. The van der Waals surface area contributed by atoms with E-state index in [0.717, 1.165) is 29.7 Å². The molecule has 0 aliphatic rings. The maximum atomic E-state index is 12.6. The normalized spacial score (nSPS) is 13.6. The molecule has 0 saturated heterocycles. The lowest BCUT2D eigenvalue weighted by atomic mass is 10.0. The van der Waals surface area contributed by atoms with Crippen LogP contribution in [0.25, 0.3) is 10.9 Å². The first-order chi connectivity index (χ1) is 14.1. The van der Waals surface area contributed by atoms with Crippen molar-refractivity contribution in [2.24, 2.45) is 5.73 Å². The van der Waals surface area contributed by atoms with Crippen molar-refractivity contribution in [1.82, 2.24) is 10.3 Å². The number of aliphatic hydroxyl groups is 1. The highest BCUT2D eigenvalue weighted by Crippen LogP contribution is 2.30. The molecule has 0 saturated carbocycles. The number of carbonyl (C=O) groups is 2. The third kappa shape index (κ3) is 4.93. The quantitative estimate of drug-likeness (QED) is 0.573. The molecule has 6 nitrogen and oxygen atoms in total. The molecule has 0 radical (unpaired) electrons. The molecule has 0 fully saturated rings. The van der Waals surface area contributed by atoms with Gasteiger partial charge in [-0.2, -0.15) is 13.2 Å². The van der Waals surface area contributed by atoms with Crippen LogP contribution < -0.4 is 11.1 Å². The van der Waals surface area contributed by atoms with Crippen molar-refractivity contribution < 1.29 is 27.9 Å². The summed E-state index contributed by atoms with van der Waals surface area (Å²) in [5.41, 5.74) is 5.61. The predicted molar refractivity (Wildman–Crippen MR) is 103 cm³/mol. The Morgan fingerprint density at radius 3 is 2.33 bits per heavy atom. The number of nitrogens with two attached hydrogens (primary N) is 1. The van der Waals surface area contributed by atoms with Gasteiger partial charge in [-0.25, -0.2) is 0 Å². The Labute approximate surface area is 169 Å². The summed E-state index contributed by atoms with van der Waals surface area (Å²) in [5.74, 6) is -1.79. The van der Waals surface area contributed by atoms with Gasteiger partial charge in [-0.1, -0.05) is 36.4 Å². The van der Waals surface area contributed by atoms with Gasteiger partial charge in [-0.3, -0.25) is 14.6 Å². The Bertz CT molecular complexity index is 1070. The highest BCUT2D eigenvalue weighted by molar-refractivity contribution is 5.89. The van der Waals surface area contributed by atoms with Crippen LogP contribution in [-0.4, -0.2) is 27.9 Å². The summed E-state index contributed by atoms with van der Waals surface area (Å²) in [4.78, 5) is 28.5. The Balaban J connectivity index is 1.72. The molecule has 2 atom stereocenters. The van der Waals surface area contributed by atoms with E-state index in [1.165, 1.54) is 0 Å². The third-order valence-corrected chi connectivity index (χ3v) is 4.53. The van der Waals surface area contributed by atoms with Crippen LogP contribution in [0, 0.1) is 0 Å². The number of rotatable bonds is 6. The first-order valence-electron chi connectivity index (χ1n) is 8.95. The van der Waals surface area contributed by atoms with Gasteiger partial charge in [0.05, 0.1) is 11.1 Å². The summed E-state index contributed by atoms with van der Waals surface area (Å²) in [6.45, 7) is 0. The number of nitrogens with one attached hydrogen (secondary N) is 1. The van der Waals surface area contributed by atoms with E-state index in [9.17, 15) is 27.9 Å². The van der Waals surface area contributed by atoms with E-state index in [-0.39, 0.29) is 12.0 Å². The molecule has 3 aromatic rings. The monoisotopic (exact) mass is 417 g/mol. The van der Waals surface area contributed by atoms with E-state index < -0.39 is 35.7 Å². The topological polar surface area (TPSA) is 105 Å². The van der Waals surface area contributed by atoms with Crippen LogP contribution in [0.15, 0.2) is 60.7 Å². The number of hydrogen-bond acceptors (Lipinski definition) is 4. The van der Waals surface area contributed by atoms with Gasteiger partial charge in [0.2, 0.25) is 5.91 Å². The summed E-state index contributed by atoms with van der Waals surface area (Å²) >= 11 is 0. The van der Waals surface area contributed by atoms with Crippen molar-refractivity contribution in [3.63, 3.8) is 0 Å². The van der Waals surface area contributed by atoms with E-state index in [4.69, 9.17) is 5.73 Å². The lowest BCUT2D eigenvalue weighted by Gasteiger charge is -2.18. The molecule has 156 valence electrons. The van der Waals surface area contributed by atoms with E-state index in [1.54, 1.807) is 12.1 Å². The number of amides is 2. The van der Waals surface area contributed by atoms with Crippen molar-refractivity contribution in [1.29, 1.82) is 0 Å². The van der Waals surface area contributed by atoms with Crippen LogP contribution >= 0.6 is 0 Å². The fraction of sp³-hybridized carbons (Fsp3) is 0.190. The Kier molecular flexibility index (Phi) is 6.02. The van der Waals surface area contributed by atoms with Crippen molar-refractivity contribution in [2.45, 2.75) is 24.7 Å². The number of alkyl halides is 3. The molecular formula is C21H18F3N3O3. The highest BCUT2D eigenvalue weighted by Gasteiger charge is 2.31. The van der Waals surface area contributed by atoms with Crippen LogP contribution in [-0.2, 0) is 22.2 Å². The minimum atomic E-state index is -4.53. The first-order valence-corrected chi connectivity index (χ1v) is 8.95. The van der Waals surface area contributed by atoms with Crippen molar-refractivity contribution in [3.05, 3.63) is 77.5 Å². The minimum Gasteiger partial charge on any atom is -0.378 e. The van der Waals surface area contributed by atoms with E-state index in [1.807, 2.05) is 24.3 Å². The maximum Gasteiger partial charge on any atom is 0.416 e. The smallest absolute Gasteiger partial charge is 0.378 e. The van der Waals surface area contributed by atoms with Crippen molar-refractivity contribution >= 4 is 22.7 Å². The molecule has 1 aromatic heterocycles. The fourth-order valence-electron chi connectivity index (χ4n) is 2.91. The van der Waals surface area contributed by atoms with Gasteiger partial charge >= 0.3 is 6.18 Å². The highest BCUT2D eigenvalue weighted by atomic mass is 19.4. The third-order valence-electron chi connectivity index (χ3n) is 4.53. The molecule has 1 heterocycles. The minimum absolute atomic E-state index is 0.00829. The lowest BCUT2D eigenvalue weighted by molar-refractivity contribution is -0.137. The molecule has 0 bridgehead atoms. The molecule has 0 spiro atoms. The molecule has 2 aromatic carbocycles. The molecule has 4 N–H and O–H groups in total. The lowest BCUT2D eigenvalue weighted by Crippen LogP contribution is -2.47. The summed E-state index contributed by atoms with van der Waals surface area (Å²) in [5, 5.41) is 13.4. The van der Waals surface area contributed by atoms with Crippen LogP contribution in [0.2, 0.25) is 0 Å².